The molecule has 0 radical (unpaired) electrons. The van der Waals surface area contributed by atoms with Gasteiger partial charge in [0.1, 0.15) is 6.61 Å². The molecule has 4 heteroatoms. The molecule has 21 heavy (non-hydrogen) atoms. The summed E-state index contributed by atoms with van der Waals surface area (Å²) in [4.78, 5) is 18.7. The van der Waals surface area contributed by atoms with Crippen LogP contribution in [0.15, 0.2) is 18.5 Å². The average Bonchev–Trinajstić information content (AvgIpc) is 2.55. The lowest BCUT2D eigenvalue weighted by molar-refractivity contribution is 0.0647. The lowest BCUT2D eigenvalue weighted by Crippen LogP contribution is -2.41. The van der Waals surface area contributed by atoms with Crippen molar-refractivity contribution >= 4 is 5.91 Å². The highest BCUT2D eigenvalue weighted by Gasteiger charge is 2.25. The highest BCUT2D eigenvalue weighted by Crippen LogP contribution is 2.23. The molecule has 112 valence electrons. The number of rotatable bonds is 3. The molecule has 1 aromatic rings. The number of nitrogens with zero attached hydrogens (tertiary/aromatic N) is 2. The Hall–Kier alpha value is -1.86. The zero-order chi connectivity index (χ0) is 15.1. The number of aliphatic hydroxyl groups excluding tert-OH is 1. The number of amides is 1. The second-order valence-corrected chi connectivity index (χ2v) is 5.31. The molecule has 1 heterocycles. The summed E-state index contributed by atoms with van der Waals surface area (Å²) in [6.45, 7) is 2.55. The third kappa shape index (κ3) is 4.05. The summed E-state index contributed by atoms with van der Waals surface area (Å²) >= 11 is 0. The maximum Gasteiger partial charge on any atom is 0.255 e. The molecule has 1 N–H and O–H groups in total. The number of carbonyl (C=O) groups excluding carboxylic acids is 1. The third-order valence-corrected chi connectivity index (χ3v) is 3.91. The van der Waals surface area contributed by atoms with Crippen molar-refractivity contribution in [1.82, 2.24) is 9.88 Å². The lowest BCUT2D eigenvalue weighted by atomic mass is 9.93. The fourth-order valence-corrected chi connectivity index (χ4v) is 2.89. The third-order valence-electron chi connectivity index (χ3n) is 3.91. The van der Waals surface area contributed by atoms with E-state index in [0.29, 0.717) is 17.2 Å². The Morgan fingerprint density at radius 2 is 2.14 bits per heavy atom. The zero-order valence-corrected chi connectivity index (χ0v) is 12.5. The first-order valence-electron chi connectivity index (χ1n) is 7.62. The molecule has 1 aromatic heterocycles. The fourth-order valence-electron chi connectivity index (χ4n) is 2.89. The van der Waals surface area contributed by atoms with E-state index < -0.39 is 0 Å². The predicted octanol–water partition coefficient (Wildman–Crippen LogP) is 2.22. The summed E-state index contributed by atoms with van der Waals surface area (Å²) in [5, 5.41) is 8.73. The van der Waals surface area contributed by atoms with Gasteiger partial charge in [0.25, 0.3) is 5.91 Å². The van der Waals surface area contributed by atoms with Crippen LogP contribution >= 0.6 is 0 Å². The van der Waals surface area contributed by atoms with Gasteiger partial charge in [-0.25, -0.2) is 0 Å². The quantitative estimate of drug-likeness (QED) is 0.867. The second-order valence-electron chi connectivity index (χ2n) is 5.31. The molecular formula is C17H22N2O2. The Kier molecular flexibility index (Phi) is 5.77. The summed E-state index contributed by atoms with van der Waals surface area (Å²) in [6.07, 6.45) is 9.07. The normalized spacial score (nSPS) is 15.1. The minimum absolute atomic E-state index is 0.0320. The molecule has 0 saturated heterocycles. The average molecular weight is 286 g/mol. The van der Waals surface area contributed by atoms with Gasteiger partial charge in [-0.3, -0.25) is 9.78 Å². The van der Waals surface area contributed by atoms with Crippen molar-refractivity contribution in [1.29, 1.82) is 0 Å². The van der Waals surface area contributed by atoms with Gasteiger partial charge in [-0.05, 0) is 25.8 Å². The molecular weight excluding hydrogens is 264 g/mol. The molecule has 0 aliphatic heterocycles. The topological polar surface area (TPSA) is 53.4 Å². The Morgan fingerprint density at radius 3 is 2.81 bits per heavy atom. The number of aromatic nitrogens is 1. The molecule has 1 amide bonds. The Bertz CT molecular complexity index is 539. The summed E-state index contributed by atoms with van der Waals surface area (Å²) in [5.41, 5.74) is 1.24. The molecule has 2 rings (SSSR count). The van der Waals surface area contributed by atoms with E-state index in [4.69, 9.17) is 5.11 Å². The van der Waals surface area contributed by atoms with Crippen molar-refractivity contribution in [2.45, 2.75) is 45.1 Å². The zero-order valence-electron chi connectivity index (χ0n) is 12.5. The summed E-state index contributed by atoms with van der Waals surface area (Å²) in [6, 6.07) is 2.10. The van der Waals surface area contributed by atoms with Crippen LogP contribution < -0.4 is 0 Å². The summed E-state index contributed by atoms with van der Waals surface area (Å²) in [5.74, 6) is 5.40. The van der Waals surface area contributed by atoms with Gasteiger partial charge in [0.2, 0.25) is 0 Å². The Labute approximate surface area is 126 Å². The predicted molar refractivity (Wildman–Crippen MR) is 81.8 cm³/mol. The molecule has 1 saturated carbocycles. The number of hydrogen-bond acceptors (Lipinski definition) is 3. The van der Waals surface area contributed by atoms with Crippen LogP contribution in [0.2, 0.25) is 0 Å². The standard InChI is InChI=1S/C17H22N2O2/c1-2-19(16-8-4-3-5-9-16)17(21)15-11-14(7-6-10-20)12-18-13-15/h11-13,16,20H,2-5,8-10H2,1H3. The minimum Gasteiger partial charge on any atom is -0.384 e. The van der Waals surface area contributed by atoms with Gasteiger partial charge in [-0.1, -0.05) is 31.1 Å². The second kappa shape index (κ2) is 7.80. The highest BCUT2D eigenvalue weighted by molar-refractivity contribution is 5.94. The van der Waals surface area contributed by atoms with Gasteiger partial charge in [0.05, 0.1) is 5.56 Å². The van der Waals surface area contributed by atoms with E-state index in [1.807, 2.05) is 11.8 Å². The van der Waals surface area contributed by atoms with Crippen LogP contribution in [-0.2, 0) is 0 Å². The van der Waals surface area contributed by atoms with Gasteiger partial charge in [0, 0.05) is 30.5 Å². The van der Waals surface area contributed by atoms with Crippen molar-refractivity contribution in [3.8, 4) is 11.8 Å². The minimum atomic E-state index is -0.193. The molecule has 0 aromatic carbocycles. The number of hydrogen-bond donors (Lipinski definition) is 1. The van der Waals surface area contributed by atoms with Gasteiger partial charge < -0.3 is 10.0 Å². The molecule has 1 fully saturated rings. The molecule has 4 nitrogen and oxygen atoms in total. The van der Waals surface area contributed by atoms with Crippen molar-refractivity contribution in [3.63, 3.8) is 0 Å². The van der Waals surface area contributed by atoms with E-state index >= 15 is 0 Å². The van der Waals surface area contributed by atoms with Gasteiger partial charge in [-0.2, -0.15) is 0 Å². The van der Waals surface area contributed by atoms with E-state index in [-0.39, 0.29) is 12.5 Å². The van der Waals surface area contributed by atoms with Crippen molar-refractivity contribution in [2.24, 2.45) is 0 Å². The first-order chi connectivity index (χ1) is 10.3. The number of aliphatic hydroxyl groups is 1. The Morgan fingerprint density at radius 1 is 1.38 bits per heavy atom. The largest absolute Gasteiger partial charge is 0.384 e. The molecule has 0 bridgehead atoms. The van der Waals surface area contributed by atoms with Crippen LogP contribution in [0.4, 0.5) is 0 Å². The van der Waals surface area contributed by atoms with Crippen LogP contribution in [0.5, 0.6) is 0 Å². The van der Waals surface area contributed by atoms with Crippen LogP contribution in [-0.4, -0.2) is 40.1 Å². The summed E-state index contributed by atoms with van der Waals surface area (Å²) in [7, 11) is 0. The number of carbonyl (C=O) groups is 1. The maximum absolute atomic E-state index is 12.7. The van der Waals surface area contributed by atoms with E-state index in [0.717, 1.165) is 19.4 Å². The first-order valence-corrected chi connectivity index (χ1v) is 7.62. The smallest absolute Gasteiger partial charge is 0.255 e. The fraction of sp³-hybridized carbons (Fsp3) is 0.529. The monoisotopic (exact) mass is 286 g/mol. The first kappa shape index (κ1) is 15.5. The van der Waals surface area contributed by atoms with Crippen molar-refractivity contribution < 1.29 is 9.90 Å². The maximum atomic E-state index is 12.7. The molecule has 0 atom stereocenters. The van der Waals surface area contributed by atoms with Crippen LogP contribution in [0.3, 0.4) is 0 Å². The van der Waals surface area contributed by atoms with E-state index in [9.17, 15) is 4.79 Å². The lowest BCUT2D eigenvalue weighted by Gasteiger charge is -2.33. The molecule has 1 aliphatic rings. The number of pyridine rings is 1. The van der Waals surface area contributed by atoms with Gasteiger partial charge >= 0.3 is 0 Å². The van der Waals surface area contributed by atoms with Crippen molar-refractivity contribution in [2.75, 3.05) is 13.2 Å². The van der Waals surface area contributed by atoms with Gasteiger partial charge in [-0.15, -0.1) is 0 Å². The molecule has 0 spiro atoms. The van der Waals surface area contributed by atoms with Crippen LogP contribution in [0.25, 0.3) is 0 Å². The van der Waals surface area contributed by atoms with Crippen LogP contribution in [0.1, 0.15) is 54.9 Å². The Balaban J connectivity index is 2.16. The molecule has 0 unspecified atom stereocenters. The van der Waals surface area contributed by atoms with Crippen LogP contribution in [0, 0.1) is 11.8 Å². The molecule has 1 aliphatic carbocycles. The van der Waals surface area contributed by atoms with E-state index in [1.54, 1.807) is 18.5 Å². The van der Waals surface area contributed by atoms with E-state index in [1.165, 1.54) is 19.3 Å². The highest BCUT2D eigenvalue weighted by atomic mass is 16.2. The van der Waals surface area contributed by atoms with Gasteiger partial charge in [0.15, 0.2) is 0 Å². The SMILES string of the molecule is CCN(C(=O)c1cncc(C#CCO)c1)C1CCCCC1. The van der Waals surface area contributed by atoms with Crippen molar-refractivity contribution in [3.05, 3.63) is 29.6 Å². The summed E-state index contributed by atoms with van der Waals surface area (Å²) < 4.78 is 0. The van der Waals surface area contributed by atoms with E-state index in [2.05, 4.69) is 16.8 Å².